The molecule has 29 heavy (non-hydrogen) atoms. The zero-order valence-corrected chi connectivity index (χ0v) is 16.1. The summed E-state index contributed by atoms with van der Waals surface area (Å²) in [5.74, 6) is -1.02. The molecule has 1 heterocycles. The summed E-state index contributed by atoms with van der Waals surface area (Å²) in [5, 5.41) is 0. The van der Waals surface area contributed by atoms with E-state index in [0.717, 1.165) is 11.1 Å². The van der Waals surface area contributed by atoms with Crippen LogP contribution >= 0.6 is 0 Å². The highest BCUT2D eigenvalue weighted by Crippen LogP contribution is 2.31. The summed E-state index contributed by atoms with van der Waals surface area (Å²) in [6.45, 7) is 3.61. The second kappa shape index (κ2) is 7.36. The largest absolute Gasteiger partial charge is 0.459 e. The molecule has 3 aromatic rings. The molecular formula is C24H19NO4. The lowest BCUT2D eigenvalue weighted by molar-refractivity contribution is 0.0377. The number of rotatable bonds is 4. The highest BCUT2D eigenvalue weighted by Gasteiger charge is 2.36. The number of amides is 2. The Morgan fingerprint density at radius 1 is 0.793 bits per heavy atom. The number of esters is 1. The first-order chi connectivity index (χ1) is 14.0. The fourth-order valence-corrected chi connectivity index (χ4v) is 3.33. The first-order valence-corrected chi connectivity index (χ1v) is 9.35. The minimum Gasteiger partial charge on any atom is -0.459 e. The Kier molecular flexibility index (Phi) is 4.72. The van der Waals surface area contributed by atoms with E-state index in [2.05, 4.69) is 0 Å². The predicted molar refractivity (Wildman–Crippen MR) is 110 cm³/mol. The van der Waals surface area contributed by atoms with Gasteiger partial charge >= 0.3 is 5.97 Å². The van der Waals surface area contributed by atoms with Gasteiger partial charge in [-0.15, -0.1) is 0 Å². The van der Waals surface area contributed by atoms with Crippen molar-refractivity contribution in [2.24, 2.45) is 0 Å². The Morgan fingerprint density at radius 2 is 1.41 bits per heavy atom. The Morgan fingerprint density at radius 3 is 2.00 bits per heavy atom. The number of benzene rings is 3. The second-order valence-corrected chi connectivity index (χ2v) is 7.07. The topological polar surface area (TPSA) is 63.7 Å². The number of hydrogen-bond donors (Lipinski definition) is 0. The van der Waals surface area contributed by atoms with Crippen molar-refractivity contribution in [2.45, 2.75) is 20.0 Å². The smallest absolute Gasteiger partial charge is 0.338 e. The molecule has 0 unspecified atom stereocenters. The van der Waals surface area contributed by atoms with Crippen molar-refractivity contribution in [1.82, 2.24) is 0 Å². The number of fused-ring (bicyclic) bond motifs is 1. The van der Waals surface area contributed by atoms with E-state index in [4.69, 9.17) is 4.74 Å². The molecule has 4 rings (SSSR count). The van der Waals surface area contributed by atoms with Crippen LogP contribution in [0.15, 0.2) is 72.8 Å². The first kappa shape index (κ1) is 18.6. The first-order valence-electron chi connectivity index (χ1n) is 9.35. The van der Waals surface area contributed by atoms with Crippen molar-refractivity contribution in [3.8, 4) is 11.1 Å². The number of hydrogen-bond acceptors (Lipinski definition) is 4. The maximum atomic E-state index is 12.7. The van der Waals surface area contributed by atoms with Crippen LogP contribution in [-0.2, 0) is 4.74 Å². The second-order valence-electron chi connectivity index (χ2n) is 7.07. The molecular weight excluding hydrogens is 366 g/mol. The minimum atomic E-state index is -0.369. The fourth-order valence-electron chi connectivity index (χ4n) is 3.33. The molecule has 0 bridgehead atoms. The van der Waals surface area contributed by atoms with Crippen LogP contribution in [0.1, 0.15) is 44.9 Å². The molecule has 0 N–H and O–H groups in total. The Labute approximate surface area is 168 Å². The van der Waals surface area contributed by atoms with Gasteiger partial charge in [0.15, 0.2) is 0 Å². The van der Waals surface area contributed by atoms with E-state index in [1.807, 2.05) is 18.2 Å². The standard InChI is InChI=1S/C24H19NO4/c1-15(2)29-24(28)17-12-10-16(11-13-17)18-6-5-7-19(14-18)25-22(26)20-8-3-4-9-21(20)23(25)27/h3-15H,1-2H3. The van der Waals surface area contributed by atoms with E-state index in [9.17, 15) is 14.4 Å². The molecule has 0 saturated carbocycles. The summed E-state index contributed by atoms with van der Waals surface area (Å²) < 4.78 is 5.20. The molecule has 0 aliphatic carbocycles. The van der Waals surface area contributed by atoms with Crippen molar-refractivity contribution in [3.63, 3.8) is 0 Å². The molecule has 144 valence electrons. The van der Waals surface area contributed by atoms with Crippen molar-refractivity contribution < 1.29 is 19.1 Å². The number of carbonyl (C=O) groups excluding carboxylic acids is 3. The average Bonchev–Trinajstić information content (AvgIpc) is 2.98. The zero-order chi connectivity index (χ0) is 20.5. The number of ether oxygens (including phenoxy) is 1. The lowest BCUT2D eigenvalue weighted by atomic mass is 10.0. The summed E-state index contributed by atoms with van der Waals surface area (Å²) in [5.41, 5.74) is 3.51. The van der Waals surface area contributed by atoms with E-state index >= 15 is 0 Å². The van der Waals surface area contributed by atoms with Gasteiger partial charge in [-0.3, -0.25) is 9.59 Å². The van der Waals surface area contributed by atoms with Crippen LogP contribution in [0.5, 0.6) is 0 Å². The van der Waals surface area contributed by atoms with Gasteiger partial charge in [0, 0.05) is 0 Å². The van der Waals surface area contributed by atoms with Gasteiger partial charge in [-0.05, 0) is 61.4 Å². The average molecular weight is 385 g/mol. The Hall–Kier alpha value is -3.73. The van der Waals surface area contributed by atoms with E-state index in [1.165, 1.54) is 4.90 Å². The minimum absolute atomic E-state index is 0.182. The maximum absolute atomic E-state index is 12.7. The molecule has 0 spiro atoms. The molecule has 2 amide bonds. The Bertz CT molecular complexity index is 1080. The molecule has 0 radical (unpaired) electrons. The van der Waals surface area contributed by atoms with Crippen molar-refractivity contribution in [2.75, 3.05) is 4.90 Å². The molecule has 0 atom stereocenters. The molecule has 1 aliphatic heterocycles. The predicted octanol–water partition coefficient (Wildman–Crippen LogP) is 4.72. The fraction of sp³-hybridized carbons (Fsp3) is 0.125. The Balaban J connectivity index is 1.63. The zero-order valence-electron chi connectivity index (χ0n) is 16.1. The molecule has 5 nitrogen and oxygen atoms in total. The molecule has 3 aromatic carbocycles. The third-order valence-corrected chi connectivity index (χ3v) is 4.70. The van der Waals surface area contributed by atoms with Crippen LogP contribution in [0, 0.1) is 0 Å². The van der Waals surface area contributed by atoms with E-state index in [0.29, 0.717) is 22.4 Å². The maximum Gasteiger partial charge on any atom is 0.338 e. The summed E-state index contributed by atoms with van der Waals surface area (Å²) in [7, 11) is 0. The van der Waals surface area contributed by atoms with Crippen molar-refractivity contribution in [1.29, 1.82) is 0 Å². The third-order valence-electron chi connectivity index (χ3n) is 4.70. The van der Waals surface area contributed by atoms with Gasteiger partial charge in [0.2, 0.25) is 0 Å². The van der Waals surface area contributed by atoms with Gasteiger partial charge < -0.3 is 4.74 Å². The van der Waals surface area contributed by atoms with Crippen molar-refractivity contribution >= 4 is 23.5 Å². The summed E-state index contributed by atoms with van der Waals surface area (Å²) in [6.07, 6.45) is -0.182. The van der Waals surface area contributed by atoms with Crippen LogP contribution in [0.3, 0.4) is 0 Å². The number of nitrogens with zero attached hydrogens (tertiary/aromatic N) is 1. The number of carbonyl (C=O) groups is 3. The van der Waals surface area contributed by atoms with Gasteiger partial charge in [0.05, 0.1) is 28.5 Å². The van der Waals surface area contributed by atoms with Gasteiger partial charge in [0.1, 0.15) is 0 Å². The molecule has 1 aliphatic rings. The lowest BCUT2D eigenvalue weighted by Gasteiger charge is -2.15. The molecule has 5 heteroatoms. The van der Waals surface area contributed by atoms with Crippen LogP contribution in [0.25, 0.3) is 11.1 Å². The highest BCUT2D eigenvalue weighted by atomic mass is 16.5. The van der Waals surface area contributed by atoms with Crippen LogP contribution in [0.2, 0.25) is 0 Å². The SMILES string of the molecule is CC(C)OC(=O)c1ccc(-c2cccc(N3C(=O)c4ccccc4C3=O)c2)cc1. The van der Waals surface area contributed by atoms with E-state index < -0.39 is 0 Å². The summed E-state index contributed by atoms with van der Waals surface area (Å²) in [6, 6.07) is 21.1. The quantitative estimate of drug-likeness (QED) is 0.482. The summed E-state index contributed by atoms with van der Waals surface area (Å²) in [4.78, 5) is 38.6. The lowest BCUT2D eigenvalue weighted by Crippen LogP contribution is -2.29. The van der Waals surface area contributed by atoms with Crippen LogP contribution in [0.4, 0.5) is 5.69 Å². The molecule has 0 fully saturated rings. The van der Waals surface area contributed by atoms with Gasteiger partial charge in [-0.2, -0.15) is 0 Å². The van der Waals surface area contributed by atoms with Gasteiger partial charge in [-0.1, -0.05) is 36.4 Å². The summed E-state index contributed by atoms with van der Waals surface area (Å²) >= 11 is 0. The third kappa shape index (κ3) is 3.43. The normalized spacial score (nSPS) is 13.0. The van der Waals surface area contributed by atoms with Crippen LogP contribution < -0.4 is 4.90 Å². The van der Waals surface area contributed by atoms with Crippen LogP contribution in [-0.4, -0.2) is 23.9 Å². The number of imide groups is 1. The van der Waals surface area contributed by atoms with E-state index in [-0.39, 0.29) is 23.9 Å². The van der Waals surface area contributed by atoms with E-state index in [1.54, 1.807) is 68.4 Å². The van der Waals surface area contributed by atoms with Gasteiger partial charge in [0.25, 0.3) is 11.8 Å². The van der Waals surface area contributed by atoms with Gasteiger partial charge in [-0.25, -0.2) is 9.69 Å². The molecule has 0 aromatic heterocycles. The number of anilines is 1. The van der Waals surface area contributed by atoms with Crippen molar-refractivity contribution in [3.05, 3.63) is 89.5 Å². The monoisotopic (exact) mass is 385 g/mol. The molecule has 0 saturated heterocycles. The highest BCUT2D eigenvalue weighted by molar-refractivity contribution is 6.34.